The highest BCUT2D eigenvalue weighted by Gasteiger charge is 2.12. The van der Waals surface area contributed by atoms with E-state index in [1.807, 2.05) is 6.07 Å². The van der Waals surface area contributed by atoms with E-state index in [2.05, 4.69) is 15.9 Å². The lowest BCUT2D eigenvalue weighted by Gasteiger charge is -1.98. The molecule has 0 aliphatic rings. The van der Waals surface area contributed by atoms with E-state index in [9.17, 15) is 10.1 Å². The Morgan fingerprint density at radius 3 is 2.85 bits per heavy atom. The molecule has 1 aromatic rings. The largest absolute Gasteiger partial charge is 0.273 e. The van der Waals surface area contributed by atoms with Gasteiger partial charge in [-0.15, -0.1) is 0 Å². The van der Waals surface area contributed by atoms with Gasteiger partial charge in [0.25, 0.3) is 5.69 Å². The van der Waals surface area contributed by atoms with E-state index in [0.29, 0.717) is 5.56 Å². The van der Waals surface area contributed by atoms with Crippen molar-refractivity contribution in [2.24, 2.45) is 0 Å². The summed E-state index contributed by atoms with van der Waals surface area (Å²) in [5.41, 5.74) is 0.423. The molecule has 0 bridgehead atoms. The van der Waals surface area contributed by atoms with Gasteiger partial charge in [-0.25, -0.2) is 0 Å². The third-order valence-corrected chi connectivity index (χ3v) is 2.00. The molecule has 66 valence electrons. The molecule has 0 N–H and O–H groups in total. The number of benzene rings is 1. The fourth-order valence-corrected chi connectivity index (χ4v) is 1.37. The molecule has 0 heterocycles. The summed E-state index contributed by atoms with van der Waals surface area (Å²) in [6.45, 7) is 0. The minimum atomic E-state index is -0.487. The average Bonchev–Trinajstić information content (AvgIpc) is 2.04. The van der Waals surface area contributed by atoms with Gasteiger partial charge in [-0.2, -0.15) is 5.26 Å². The summed E-state index contributed by atoms with van der Waals surface area (Å²) in [6, 6.07) is 6.43. The topological polar surface area (TPSA) is 66.9 Å². The van der Waals surface area contributed by atoms with Gasteiger partial charge in [0, 0.05) is 16.1 Å². The van der Waals surface area contributed by atoms with Gasteiger partial charge in [0.15, 0.2) is 0 Å². The molecule has 0 atom stereocenters. The first-order chi connectivity index (χ1) is 6.15. The van der Waals surface area contributed by atoms with Gasteiger partial charge < -0.3 is 0 Å². The summed E-state index contributed by atoms with van der Waals surface area (Å²) in [6.07, 6.45) is 0.0513. The summed E-state index contributed by atoms with van der Waals surface area (Å²) in [4.78, 5) is 10.0. The Morgan fingerprint density at radius 1 is 1.62 bits per heavy atom. The van der Waals surface area contributed by atoms with Crippen molar-refractivity contribution >= 4 is 21.6 Å². The lowest BCUT2D eigenvalue weighted by atomic mass is 10.1. The molecule has 13 heavy (non-hydrogen) atoms. The second-order valence-electron chi connectivity index (χ2n) is 2.37. The van der Waals surface area contributed by atoms with Crippen LogP contribution in [0.2, 0.25) is 0 Å². The van der Waals surface area contributed by atoms with E-state index >= 15 is 0 Å². The molecule has 4 nitrogen and oxygen atoms in total. The predicted molar refractivity (Wildman–Crippen MR) is 50.1 cm³/mol. The molecule has 1 aromatic carbocycles. The number of hydrogen-bond acceptors (Lipinski definition) is 3. The number of hydrogen-bond donors (Lipinski definition) is 0. The van der Waals surface area contributed by atoms with E-state index in [4.69, 9.17) is 5.26 Å². The third kappa shape index (κ3) is 2.26. The first-order valence-corrected chi connectivity index (χ1v) is 4.24. The predicted octanol–water partition coefficient (Wildman–Crippen LogP) is 2.42. The number of halogens is 1. The van der Waals surface area contributed by atoms with E-state index in [0.717, 1.165) is 4.47 Å². The van der Waals surface area contributed by atoms with Gasteiger partial charge in [-0.1, -0.05) is 15.9 Å². The maximum Gasteiger partial charge on any atom is 0.273 e. The Balaban J connectivity index is 3.20. The first-order valence-electron chi connectivity index (χ1n) is 3.45. The van der Waals surface area contributed by atoms with Crippen LogP contribution in [0.3, 0.4) is 0 Å². The minimum Gasteiger partial charge on any atom is -0.258 e. The van der Waals surface area contributed by atoms with E-state index in [1.54, 1.807) is 12.1 Å². The highest BCUT2D eigenvalue weighted by Crippen LogP contribution is 2.22. The maximum atomic E-state index is 10.5. The molecule has 0 amide bonds. The third-order valence-electron chi connectivity index (χ3n) is 1.51. The van der Waals surface area contributed by atoms with Gasteiger partial charge in [0.2, 0.25) is 0 Å². The lowest BCUT2D eigenvalue weighted by molar-refractivity contribution is -0.385. The Bertz CT molecular complexity index is 384. The molecule has 0 aromatic heterocycles. The molecule has 0 fully saturated rings. The molecule has 0 spiro atoms. The van der Waals surface area contributed by atoms with Crippen molar-refractivity contribution in [3.63, 3.8) is 0 Å². The first kappa shape index (κ1) is 9.68. The molecule has 5 heteroatoms. The van der Waals surface area contributed by atoms with Gasteiger partial charge in [0.1, 0.15) is 0 Å². The van der Waals surface area contributed by atoms with E-state index in [-0.39, 0.29) is 12.1 Å². The molecule has 0 radical (unpaired) electrons. The number of nitrogens with zero attached hydrogens (tertiary/aromatic N) is 2. The monoisotopic (exact) mass is 240 g/mol. The summed E-state index contributed by atoms with van der Waals surface area (Å²) in [5.74, 6) is 0. The maximum absolute atomic E-state index is 10.5. The number of rotatable bonds is 2. The Kier molecular flexibility index (Phi) is 2.98. The van der Waals surface area contributed by atoms with Crippen LogP contribution in [-0.4, -0.2) is 4.92 Å². The molecule has 0 saturated heterocycles. The smallest absolute Gasteiger partial charge is 0.258 e. The minimum absolute atomic E-state index is 0.00949. The number of nitro groups is 1. The lowest BCUT2D eigenvalue weighted by Crippen LogP contribution is -1.94. The zero-order valence-corrected chi connectivity index (χ0v) is 8.11. The van der Waals surface area contributed by atoms with Crippen LogP contribution < -0.4 is 0 Å². The van der Waals surface area contributed by atoms with Crippen LogP contribution in [0.1, 0.15) is 5.56 Å². The van der Waals surface area contributed by atoms with Crippen LogP contribution in [0, 0.1) is 21.4 Å². The Labute approximate surface area is 83.1 Å². The standard InChI is InChI=1S/C8H5BrN2O2/c9-7-1-2-8(11(12)13)6(5-7)3-4-10/h1-2,5H,3H2. The molecule has 1 rings (SSSR count). The summed E-state index contributed by atoms with van der Waals surface area (Å²) >= 11 is 3.18. The van der Waals surface area contributed by atoms with Crippen LogP contribution in [0.15, 0.2) is 22.7 Å². The van der Waals surface area contributed by atoms with Crippen molar-refractivity contribution in [1.29, 1.82) is 5.26 Å². The fraction of sp³-hybridized carbons (Fsp3) is 0.125. The van der Waals surface area contributed by atoms with E-state index in [1.165, 1.54) is 6.07 Å². The SMILES string of the molecule is N#CCc1cc(Br)ccc1[N+](=O)[O-]. The summed E-state index contributed by atoms with van der Waals surface area (Å²) in [7, 11) is 0. The Morgan fingerprint density at radius 2 is 2.31 bits per heavy atom. The molecule has 0 saturated carbocycles. The van der Waals surface area contributed by atoms with Gasteiger partial charge in [-0.3, -0.25) is 10.1 Å². The normalized spacial score (nSPS) is 9.23. The van der Waals surface area contributed by atoms with Gasteiger partial charge >= 0.3 is 0 Å². The highest BCUT2D eigenvalue weighted by molar-refractivity contribution is 9.10. The quantitative estimate of drug-likeness (QED) is 0.589. The second-order valence-corrected chi connectivity index (χ2v) is 3.28. The highest BCUT2D eigenvalue weighted by atomic mass is 79.9. The number of nitriles is 1. The van der Waals surface area contributed by atoms with Crippen molar-refractivity contribution < 1.29 is 4.92 Å². The second kappa shape index (κ2) is 4.01. The molecule has 0 aliphatic heterocycles. The van der Waals surface area contributed by atoms with E-state index < -0.39 is 4.92 Å². The summed E-state index contributed by atoms with van der Waals surface area (Å²) in [5, 5.41) is 18.9. The van der Waals surface area contributed by atoms with Crippen molar-refractivity contribution in [2.45, 2.75) is 6.42 Å². The average molecular weight is 241 g/mol. The van der Waals surface area contributed by atoms with Crippen molar-refractivity contribution in [1.82, 2.24) is 0 Å². The van der Waals surface area contributed by atoms with Crippen LogP contribution in [-0.2, 0) is 6.42 Å². The fourth-order valence-electron chi connectivity index (χ4n) is 0.959. The molecular weight excluding hydrogens is 236 g/mol. The van der Waals surface area contributed by atoms with Crippen LogP contribution in [0.4, 0.5) is 5.69 Å². The number of nitro benzene ring substituents is 1. The van der Waals surface area contributed by atoms with Crippen LogP contribution in [0.5, 0.6) is 0 Å². The van der Waals surface area contributed by atoms with Gasteiger partial charge in [0.05, 0.1) is 17.4 Å². The summed E-state index contributed by atoms with van der Waals surface area (Å²) < 4.78 is 0.739. The van der Waals surface area contributed by atoms with Crippen LogP contribution in [0.25, 0.3) is 0 Å². The van der Waals surface area contributed by atoms with Crippen LogP contribution >= 0.6 is 15.9 Å². The molecule has 0 aliphatic carbocycles. The van der Waals surface area contributed by atoms with Crippen molar-refractivity contribution in [3.8, 4) is 6.07 Å². The van der Waals surface area contributed by atoms with Gasteiger partial charge in [-0.05, 0) is 12.1 Å². The zero-order valence-electron chi connectivity index (χ0n) is 6.53. The zero-order chi connectivity index (χ0) is 9.84. The van der Waals surface area contributed by atoms with Crippen molar-refractivity contribution in [2.75, 3.05) is 0 Å². The molecular formula is C8H5BrN2O2. The molecule has 0 unspecified atom stereocenters. The Hall–Kier alpha value is -1.41. The van der Waals surface area contributed by atoms with Crippen molar-refractivity contribution in [3.05, 3.63) is 38.3 Å².